The van der Waals surface area contributed by atoms with Crippen molar-refractivity contribution in [2.24, 2.45) is 5.92 Å². The molecule has 0 bridgehead atoms. The van der Waals surface area contributed by atoms with Crippen molar-refractivity contribution < 1.29 is 0 Å². The summed E-state index contributed by atoms with van der Waals surface area (Å²) in [6.45, 7) is 4.70. The Kier molecular flexibility index (Phi) is 2.92. The van der Waals surface area contributed by atoms with Crippen LogP contribution in [0.2, 0.25) is 5.15 Å². The molecule has 0 aliphatic heterocycles. The van der Waals surface area contributed by atoms with Crippen LogP contribution in [0, 0.1) is 5.92 Å². The third-order valence-electron chi connectivity index (χ3n) is 2.23. The molecule has 2 aromatic heterocycles. The van der Waals surface area contributed by atoms with E-state index in [4.69, 9.17) is 11.6 Å². The zero-order valence-corrected chi connectivity index (χ0v) is 9.90. The molecule has 0 N–H and O–H groups in total. The van der Waals surface area contributed by atoms with Gasteiger partial charge in [0.1, 0.15) is 0 Å². The number of aromatic nitrogens is 3. The van der Waals surface area contributed by atoms with Crippen molar-refractivity contribution in [2.45, 2.75) is 20.4 Å². The minimum Gasteiger partial charge on any atom is -0.302 e. The van der Waals surface area contributed by atoms with Crippen LogP contribution in [0.3, 0.4) is 0 Å². The summed E-state index contributed by atoms with van der Waals surface area (Å²) in [6.07, 6.45) is 1.63. The lowest BCUT2D eigenvalue weighted by Crippen LogP contribution is -2.24. The summed E-state index contributed by atoms with van der Waals surface area (Å²) in [7, 11) is 0. The van der Waals surface area contributed by atoms with Crippen LogP contribution in [0.25, 0.3) is 11.2 Å². The second-order valence-corrected chi connectivity index (χ2v) is 4.42. The molecule has 0 amide bonds. The third-order valence-corrected chi connectivity index (χ3v) is 2.48. The lowest BCUT2D eigenvalue weighted by Gasteiger charge is -2.11. The van der Waals surface area contributed by atoms with Gasteiger partial charge in [-0.15, -0.1) is 0 Å². The van der Waals surface area contributed by atoms with E-state index in [1.54, 1.807) is 16.8 Å². The summed E-state index contributed by atoms with van der Waals surface area (Å²) in [5.41, 5.74) is 0.981. The van der Waals surface area contributed by atoms with Crippen LogP contribution in [-0.4, -0.2) is 14.5 Å². The number of rotatable bonds is 2. The molecule has 0 unspecified atom stereocenters. The van der Waals surface area contributed by atoms with Gasteiger partial charge in [0.25, 0.3) is 5.56 Å². The largest absolute Gasteiger partial charge is 0.302 e. The van der Waals surface area contributed by atoms with Crippen molar-refractivity contribution in [2.75, 3.05) is 0 Å². The van der Waals surface area contributed by atoms with Gasteiger partial charge < -0.3 is 4.57 Å². The summed E-state index contributed by atoms with van der Waals surface area (Å²) in [4.78, 5) is 19.9. The van der Waals surface area contributed by atoms with Crippen LogP contribution in [0.5, 0.6) is 0 Å². The maximum atomic E-state index is 11.9. The van der Waals surface area contributed by atoms with Gasteiger partial charge in [0.2, 0.25) is 0 Å². The number of hydrogen-bond acceptors (Lipinski definition) is 3. The van der Waals surface area contributed by atoms with Gasteiger partial charge in [-0.2, -0.15) is 0 Å². The molecule has 0 spiro atoms. The van der Waals surface area contributed by atoms with Crippen LogP contribution in [0.15, 0.2) is 23.1 Å². The fraction of sp³-hybridized carbons (Fsp3) is 0.364. The van der Waals surface area contributed by atoms with Gasteiger partial charge in [0.15, 0.2) is 10.8 Å². The number of nitrogens with zero attached hydrogens (tertiary/aromatic N) is 3. The fourth-order valence-corrected chi connectivity index (χ4v) is 1.78. The average molecular weight is 238 g/mol. The number of pyridine rings is 1. The first-order valence-corrected chi connectivity index (χ1v) is 5.48. The number of halogens is 1. The smallest absolute Gasteiger partial charge is 0.288 e. The first-order chi connectivity index (χ1) is 7.59. The molecule has 0 atom stereocenters. The van der Waals surface area contributed by atoms with Crippen LogP contribution >= 0.6 is 11.6 Å². The van der Waals surface area contributed by atoms with Crippen molar-refractivity contribution >= 4 is 22.8 Å². The van der Waals surface area contributed by atoms with E-state index in [9.17, 15) is 4.79 Å². The molecule has 0 saturated carbocycles. The third kappa shape index (κ3) is 1.93. The normalized spacial score (nSPS) is 11.2. The first-order valence-electron chi connectivity index (χ1n) is 5.10. The molecule has 2 aromatic rings. The monoisotopic (exact) mass is 237 g/mol. The van der Waals surface area contributed by atoms with Crippen molar-refractivity contribution in [3.8, 4) is 0 Å². The Labute approximate surface area is 97.9 Å². The zero-order chi connectivity index (χ0) is 11.7. The van der Waals surface area contributed by atoms with Crippen LogP contribution in [-0.2, 0) is 6.54 Å². The van der Waals surface area contributed by atoms with Crippen molar-refractivity contribution in [3.05, 3.63) is 33.8 Å². The molecule has 0 fully saturated rings. The minimum atomic E-state index is -0.254. The highest BCUT2D eigenvalue weighted by Gasteiger charge is 2.10. The summed E-state index contributed by atoms with van der Waals surface area (Å²) in [5.74, 6) is 0.361. The van der Waals surface area contributed by atoms with Gasteiger partial charge >= 0.3 is 0 Å². The van der Waals surface area contributed by atoms with Gasteiger partial charge in [-0.1, -0.05) is 25.4 Å². The van der Waals surface area contributed by atoms with Gasteiger partial charge in [0.05, 0.1) is 5.52 Å². The van der Waals surface area contributed by atoms with Gasteiger partial charge in [0, 0.05) is 12.7 Å². The van der Waals surface area contributed by atoms with E-state index in [1.807, 2.05) is 19.9 Å². The molecule has 84 valence electrons. The number of hydrogen-bond donors (Lipinski definition) is 0. The predicted octanol–water partition coefficient (Wildman–Crippen LogP) is 2.10. The molecule has 0 aliphatic rings. The number of fused-ring (bicyclic) bond motifs is 1. The van der Waals surface area contributed by atoms with E-state index in [0.29, 0.717) is 18.1 Å². The van der Waals surface area contributed by atoms with Crippen molar-refractivity contribution in [1.29, 1.82) is 0 Å². The molecule has 5 heteroatoms. The Morgan fingerprint density at radius 2 is 2.25 bits per heavy atom. The van der Waals surface area contributed by atoms with E-state index < -0.39 is 0 Å². The van der Waals surface area contributed by atoms with E-state index in [2.05, 4.69) is 9.97 Å². The molecule has 2 rings (SSSR count). The molecule has 0 saturated heterocycles. The van der Waals surface area contributed by atoms with Crippen molar-refractivity contribution in [1.82, 2.24) is 14.5 Å². The molecule has 0 aromatic carbocycles. The van der Waals surface area contributed by atoms with Gasteiger partial charge in [-0.25, -0.2) is 9.97 Å². The lowest BCUT2D eigenvalue weighted by atomic mass is 10.2. The highest BCUT2D eigenvalue weighted by atomic mass is 35.5. The van der Waals surface area contributed by atoms with E-state index in [1.165, 1.54) is 0 Å². The molecule has 2 heterocycles. The molecular weight excluding hydrogens is 226 g/mol. The molecule has 0 aliphatic carbocycles. The standard InChI is InChI=1S/C11H12ClN3O/c1-7(2)6-15-8-4-3-5-13-10(8)14-9(12)11(15)16/h3-5,7H,6H2,1-2H3. The summed E-state index contributed by atoms with van der Waals surface area (Å²) in [5, 5.41) is -0.0214. The topological polar surface area (TPSA) is 47.8 Å². The van der Waals surface area contributed by atoms with Crippen molar-refractivity contribution in [3.63, 3.8) is 0 Å². The summed E-state index contributed by atoms with van der Waals surface area (Å²) >= 11 is 5.79. The Balaban J connectivity index is 2.76. The second-order valence-electron chi connectivity index (χ2n) is 4.06. The van der Waals surface area contributed by atoms with E-state index in [-0.39, 0.29) is 10.7 Å². The quantitative estimate of drug-likeness (QED) is 0.804. The Morgan fingerprint density at radius 3 is 2.94 bits per heavy atom. The Bertz CT molecular complexity index is 577. The zero-order valence-electron chi connectivity index (χ0n) is 9.14. The van der Waals surface area contributed by atoms with Crippen LogP contribution < -0.4 is 5.56 Å². The Morgan fingerprint density at radius 1 is 1.50 bits per heavy atom. The van der Waals surface area contributed by atoms with E-state index in [0.717, 1.165) is 5.52 Å². The molecule has 4 nitrogen and oxygen atoms in total. The highest BCUT2D eigenvalue weighted by molar-refractivity contribution is 6.29. The highest BCUT2D eigenvalue weighted by Crippen LogP contribution is 2.11. The molecule has 16 heavy (non-hydrogen) atoms. The second kappa shape index (κ2) is 4.22. The summed E-state index contributed by atoms with van der Waals surface area (Å²) < 4.78 is 1.63. The summed E-state index contributed by atoms with van der Waals surface area (Å²) in [6, 6.07) is 3.61. The average Bonchev–Trinajstić information content (AvgIpc) is 2.24. The van der Waals surface area contributed by atoms with Crippen LogP contribution in [0.4, 0.5) is 0 Å². The minimum absolute atomic E-state index is 0.0214. The van der Waals surface area contributed by atoms with Gasteiger partial charge in [-0.3, -0.25) is 4.79 Å². The Hall–Kier alpha value is -1.42. The SMILES string of the molecule is CC(C)Cn1c(=O)c(Cl)nc2ncccc21. The predicted molar refractivity (Wildman–Crippen MR) is 63.6 cm³/mol. The van der Waals surface area contributed by atoms with E-state index >= 15 is 0 Å². The fourth-order valence-electron chi connectivity index (χ4n) is 1.59. The first kappa shape index (κ1) is 11.1. The van der Waals surface area contributed by atoms with Crippen LogP contribution in [0.1, 0.15) is 13.8 Å². The lowest BCUT2D eigenvalue weighted by molar-refractivity contribution is 0.522. The molecular formula is C11H12ClN3O. The maximum Gasteiger partial charge on any atom is 0.288 e. The maximum absolute atomic E-state index is 11.9. The molecule has 0 radical (unpaired) electrons. The van der Waals surface area contributed by atoms with Gasteiger partial charge in [-0.05, 0) is 18.1 Å².